The number of benzene rings is 1. The quantitative estimate of drug-likeness (QED) is 0.574. The van der Waals surface area contributed by atoms with E-state index in [1.807, 2.05) is 11.8 Å². The third kappa shape index (κ3) is 4.66. The van der Waals surface area contributed by atoms with Crippen LogP contribution in [0.5, 0.6) is 17.2 Å². The van der Waals surface area contributed by atoms with E-state index in [1.54, 1.807) is 33.5 Å². The van der Waals surface area contributed by atoms with E-state index < -0.39 is 0 Å². The molecule has 1 aliphatic rings. The van der Waals surface area contributed by atoms with Crippen LogP contribution in [0.1, 0.15) is 39.5 Å². The summed E-state index contributed by atoms with van der Waals surface area (Å²) in [7, 11) is 4.65. The largest absolute Gasteiger partial charge is 0.493 e. The smallest absolute Gasteiger partial charge is 0.277 e. The number of piperidine rings is 1. The molecule has 1 aliphatic heterocycles. The maximum absolute atomic E-state index is 13.0. The molecule has 30 heavy (non-hydrogen) atoms. The van der Waals surface area contributed by atoms with Gasteiger partial charge in [-0.15, -0.1) is 10.2 Å². The summed E-state index contributed by atoms with van der Waals surface area (Å²) in [5.41, 5.74) is 0.643. The van der Waals surface area contributed by atoms with Crippen molar-refractivity contribution in [1.82, 2.24) is 15.1 Å². The zero-order valence-corrected chi connectivity index (χ0v) is 19.0. The Hall–Kier alpha value is -2.42. The SMILES string of the molecule is CCC1CCCCN1C(=O)C(C)Sc1nnc(-c2cc(OC)c(OC)c(OC)c2)o1. The maximum Gasteiger partial charge on any atom is 0.277 e. The molecule has 0 radical (unpaired) electrons. The van der Waals surface area contributed by atoms with Gasteiger partial charge in [-0.05, 0) is 44.7 Å². The lowest BCUT2D eigenvalue weighted by Gasteiger charge is -2.36. The zero-order valence-electron chi connectivity index (χ0n) is 18.1. The third-order valence-corrected chi connectivity index (χ3v) is 6.25. The number of thioether (sulfide) groups is 1. The first-order valence-corrected chi connectivity index (χ1v) is 11.0. The van der Waals surface area contributed by atoms with E-state index in [-0.39, 0.29) is 11.2 Å². The van der Waals surface area contributed by atoms with Gasteiger partial charge in [0.05, 0.1) is 26.6 Å². The monoisotopic (exact) mass is 435 g/mol. The highest BCUT2D eigenvalue weighted by Crippen LogP contribution is 2.41. The van der Waals surface area contributed by atoms with Gasteiger partial charge in [0.25, 0.3) is 5.22 Å². The fraction of sp³-hybridized carbons (Fsp3) is 0.571. The number of carbonyl (C=O) groups is 1. The summed E-state index contributed by atoms with van der Waals surface area (Å²) in [4.78, 5) is 15.0. The Morgan fingerprint density at radius 1 is 1.20 bits per heavy atom. The first-order valence-electron chi connectivity index (χ1n) is 10.1. The summed E-state index contributed by atoms with van der Waals surface area (Å²) >= 11 is 1.28. The minimum Gasteiger partial charge on any atom is -0.493 e. The summed E-state index contributed by atoms with van der Waals surface area (Å²) < 4.78 is 21.9. The summed E-state index contributed by atoms with van der Waals surface area (Å²) in [5, 5.41) is 8.30. The summed E-state index contributed by atoms with van der Waals surface area (Å²) in [6.45, 7) is 4.84. The molecular formula is C21H29N3O5S. The molecule has 1 aromatic carbocycles. The summed E-state index contributed by atoms with van der Waals surface area (Å²) in [6, 6.07) is 3.82. The molecule has 1 aromatic heterocycles. The van der Waals surface area contributed by atoms with E-state index in [4.69, 9.17) is 18.6 Å². The van der Waals surface area contributed by atoms with Crippen molar-refractivity contribution >= 4 is 17.7 Å². The molecule has 0 saturated carbocycles. The average Bonchev–Trinajstić information content (AvgIpc) is 3.25. The van der Waals surface area contributed by atoms with Gasteiger partial charge in [0.1, 0.15) is 0 Å². The van der Waals surface area contributed by atoms with Crippen molar-refractivity contribution in [3.8, 4) is 28.7 Å². The number of ether oxygens (including phenoxy) is 3. The normalized spacial score (nSPS) is 17.5. The first-order chi connectivity index (χ1) is 14.5. The van der Waals surface area contributed by atoms with E-state index in [9.17, 15) is 4.79 Å². The Morgan fingerprint density at radius 2 is 1.90 bits per heavy atom. The molecule has 0 bridgehead atoms. The second-order valence-electron chi connectivity index (χ2n) is 7.14. The van der Waals surface area contributed by atoms with Gasteiger partial charge in [-0.1, -0.05) is 18.7 Å². The molecule has 9 heteroatoms. The minimum absolute atomic E-state index is 0.124. The van der Waals surface area contributed by atoms with Gasteiger partial charge < -0.3 is 23.5 Å². The molecule has 164 valence electrons. The van der Waals surface area contributed by atoms with E-state index >= 15 is 0 Å². The highest BCUT2D eigenvalue weighted by molar-refractivity contribution is 8.00. The number of rotatable bonds is 8. The molecule has 2 aromatic rings. The molecule has 3 rings (SSSR count). The number of amides is 1. The number of methoxy groups -OCH3 is 3. The highest BCUT2D eigenvalue weighted by atomic mass is 32.2. The third-order valence-electron chi connectivity index (χ3n) is 5.32. The van der Waals surface area contributed by atoms with Gasteiger partial charge in [0, 0.05) is 18.2 Å². The molecule has 0 aliphatic carbocycles. The minimum atomic E-state index is -0.301. The topological polar surface area (TPSA) is 86.9 Å². The number of likely N-dealkylation sites (tertiary alicyclic amines) is 1. The molecule has 8 nitrogen and oxygen atoms in total. The predicted molar refractivity (Wildman–Crippen MR) is 114 cm³/mol. The van der Waals surface area contributed by atoms with Crippen molar-refractivity contribution in [1.29, 1.82) is 0 Å². The molecule has 2 atom stereocenters. The highest BCUT2D eigenvalue weighted by Gasteiger charge is 2.30. The number of aromatic nitrogens is 2. The number of nitrogens with zero attached hydrogens (tertiary/aromatic N) is 3. The first kappa shape index (κ1) is 22.3. The van der Waals surface area contributed by atoms with Gasteiger partial charge in [-0.25, -0.2) is 0 Å². The van der Waals surface area contributed by atoms with Gasteiger partial charge >= 0.3 is 0 Å². The van der Waals surface area contributed by atoms with Crippen molar-refractivity contribution < 1.29 is 23.4 Å². The lowest BCUT2D eigenvalue weighted by molar-refractivity contribution is -0.134. The van der Waals surface area contributed by atoms with Crippen LogP contribution < -0.4 is 14.2 Å². The zero-order chi connectivity index (χ0) is 21.7. The van der Waals surface area contributed by atoms with Crippen LogP contribution in [0.2, 0.25) is 0 Å². The Bertz CT molecular complexity index is 847. The standard InChI is InChI=1S/C21H29N3O5S/c1-6-15-9-7-8-10-24(15)20(25)13(2)30-21-23-22-19(29-21)14-11-16(26-3)18(28-5)17(12-14)27-4/h11-13,15H,6-10H2,1-5H3. The molecule has 0 N–H and O–H groups in total. The van der Waals surface area contributed by atoms with Crippen LogP contribution >= 0.6 is 11.8 Å². The van der Waals surface area contributed by atoms with Crippen LogP contribution in [0.25, 0.3) is 11.5 Å². The molecule has 1 fully saturated rings. The van der Waals surface area contributed by atoms with E-state index in [0.717, 1.165) is 25.8 Å². The predicted octanol–water partition coefficient (Wildman–Crippen LogP) is 4.03. The van der Waals surface area contributed by atoms with Crippen LogP contribution in [-0.2, 0) is 4.79 Å². The number of hydrogen-bond donors (Lipinski definition) is 0. The van der Waals surface area contributed by atoms with E-state index in [2.05, 4.69) is 17.1 Å². The second-order valence-corrected chi connectivity index (χ2v) is 8.43. The van der Waals surface area contributed by atoms with Gasteiger partial charge in [0.2, 0.25) is 17.5 Å². The Kier molecular flexibility index (Phi) is 7.47. The summed E-state index contributed by atoms with van der Waals surface area (Å²) in [5.74, 6) is 1.93. The van der Waals surface area contributed by atoms with Crippen LogP contribution in [0.3, 0.4) is 0 Å². The van der Waals surface area contributed by atoms with Crippen LogP contribution in [0.4, 0.5) is 0 Å². The van der Waals surface area contributed by atoms with Crippen molar-refractivity contribution in [2.24, 2.45) is 0 Å². The number of carbonyl (C=O) groups excluding carboxylic acids is 1. The van der Waals surface area contributed by atoms with Crippen molar-refractivity contribution in [3.63, 3.8) is 0 Å². The van der Waals surface area contributed by atoms with Crippen molar-refractivity contribution in [3.05, 3.63) is 12.1 Å². The van der Waals surface area contributed by atoms with Gasteiger partial charge in [-0.2, -0.15) is 0 Å². The average molecular weight is 436 g/mol. The Balaban J connectivity index is 1.76. The molecule has 1 saturated heterocycles. The van der Waals surface area contributed by atoms with Crippen molar-refractivity contribution in [2.75, 3.05) is 27.9 Å². The maximum atomic E-state index is 13.0. The lowest BCUT2D eigenvalue weighted by Crippen LogP contribution is -2.46. The Labute approximate surface area is 181 Å². The fourth-order valence-electron chi connectivity index (χ4n) is 3.73. The molecule has 1 amide bonds. The van der Waals surface area contributed by atoms with Crippen LogP contribution in [0, 0.1) is 0 Å². The summed E-state index contributed by atoms with van der Waals surface area (Å²) in [6.07, 6.45) is 4.30. The molecular weight excluding hydrogens is 406 g/mol. The Morgan fingerprint density at radius 3 is 2.50 bits per heavy atom. The number of hydrogen-bond acceptors (Lipinski definition) is 8. The molecule has 2 heterocycles. The van der Waals surface area contributed by atoms with E-state index in [1.165, 1.54) is 18.2 Å². The van der Waals surface area contributed by atoms with E-state index in [0.29, 0.717) is 40.0 Å². The lowest BCUT2D eigenvalue weighted by atomic mass is 10.00. The molecule has 2 unspecified atom stereocenters. The van der Waals surface area contributed by atoms with Crippen molar-refractivity contribution in [2.45, 2.75) is 56.0 Å². The van der Waals surface area contributed by atoms with Gasteiger partial charge in [-0.3, -0.25) is 4.79 Å². The molecule has 0 spiro atoms. The second kappa shape index (κ2) is 10.1. The fourth-order valence-corrected chi connectivity index (χ4v) is 4.48. The van der Waals surface area contributed by atoms with Crippen LogP contribution in [0.15, 0.2) is 21.8 Å². The van der Waals surface area contributed by atoms with Gasteiger partial charge in [0.15, 0.2) is 11.5 Å². The van der Waals surface area contributed by atoms with Crippen LogP contribution in [-0.4, -0.2) is 60.2 Å².